The molecule has 0 bridgehead atoms. The second-order valence-corrected chi connectivity index (χ2v) is 42.6. The van der Waals surface area contributed by atoms with E-state index in [0.29, 0.717) is 0 Å². The zero-order chi connectivity index (χ0) is 89.7. The highest BCUT2D eigenvalue weighted by molar-refractivity contribution is 6.40. The normalized spacial score (nSPS) is 24.4. The zero-order valence-corrected chi connectivity index (χ0v) is 78.1. The first-order chi connectivity index (χ1) is 65.4. The van der Waals surface area contributed by atoms with Crippen LogP contribution in [0.4, 0.5) is 45.5 Å². The first kappa shape index (κ1) is 79.9. The third-order valence-corrected chi connectivity index (χ3v) is 36.4. The maximum Gasteiger partial charge on any atom is 0.0716 e. The van der Waals surface area contributed by atoms with Crippen molar-refractivity contribution in [3.8, 4) is 90.1 Å². The van der Waals surface area contributed by atoms with E-state index in [0.717, 1.165) is 152 Å². The van der Waals surface area contributed by atoms with Crippen LogP contribution >= 0.6 is 0 Å². The summed E-state index contributed by atoms with van der Waals surface area (Å²) in [5, 5.41) is 14.6. The van der Waals surface area contributed by atoms with Crippen LogP contribution in [0, 0.1) is 0 Å². The molecule has 4 saturated carbocycles. The van der Waals surface area contributed by atoms with Crippen molar-refractivity contribution in [3.05, 3.63) is 350 Å². The van der Waals surface area contributed by atoms with Crippen LogP contribution in [0.1, 0.15) is 180 Å². The SMILES string of the molecule is CC12CCCCC1(C)N(c1ccccc1)c1ccc(-c3cccc(-c4ccc5c6cc7c(cc6c6ccc(-c8cccc(-c9ccc%10c(c9)C9(C)CCCCC9(C)N%10c9ccccc9)n8)c4c56)c4ccc(-c5cccc(-c6ccc8c(c6)C6(C)CCCCC6(C)N8c6ccccc6)n5)c5c(-c6cccc(-c8ccc9c(c8)C8(C)CCCCC8(C)N9c8ccccc8)n6)ccc7c54)n3)cc12. The van der Waals surface area contributed by atoms with Gasteiger partial charge in [0.1, 0.15) is 0 Å². The molecule has 0 N–H and O–H groups in total. The second-order valence-electron chi connectivity index (χ2n) is 42.6. The highest BCUT2D eigenvalue weighted by Crippen LogP contribution is 2.67. The summed E-state index contributed by atoms with van der Waals surface area (Å²) in [5.41, 5.74) is 32.0. The molecule has 8 heterocycles. The van der Waals surface area contributed by atoms with E-state index in [2.05, 4.69) is 403 Å². The lowest BCUT2D eigenvalue weighted by Gasteiger charge is -2.50. The molecule has 8 unspecified atom stereocenters. The van der Waals surface area contributed by atoms with E-state index in [4.69, 9.17) is 19.9 Å². The van der Waals surface area contributed by atoms with Crippen LogP contribution < -0.4 is 19.6 Å². The molecular formula is C126H110N8. The zero-order valence-electron chi connectivity index (χ0n) is 78.1. The van der Waals surface area contributed by atoms with Crippen molar-refractivity contribution >= 4 is 110 Å². The molecule has 654 valence electrons. The Kier molecular flexibility index (Phi) is 17.2. The van der Waals surface area contributed by atoms with Gasteiger partial charge in [-0.2, -0.15) is 0 Å². The maximum atomic E-state index is 5.88. The molecule has 15 aromatic carbocycles. The molecule has 19 aromatic rings. The van der Waals surface area contributed by atoms with Gasteiger partial charge in [-0.3, -0.25) is 0 Å². The molecule has 8 atom stereocenters. The van der Waals surface area contributed by atoms with Crippen molar-refractivity contribution in [1.29, 1.82) is 0 Å². The lowest BCUT2D eigenvalue weighted by Crippen LogP contribution is -2.54. The second kappa shape index (κ2) is 28.9. The predicted octanol–water partition coefficient (Wildman–Crippen LogP) is 33.4. The van der Waals surface area contributed by atoms with Gasteiger partial charge in [-0.15, -0.1) is 0 Å². The summed E-state index contributed by atoms with van der Waals surface area (Å²) < 4.78 is 0. The minimum atomic E-state index is -0.0742. The van der Waals surface area contributed by atoms with Crippen molar-refractivity contribution in [2.75, 3.05) is 19.6 Å². The van der Waals surface area contributed by atoms with E-state index in [9.17, 15) is 0 Å². The Balaban J connectivity index is 0.640. The number of hydrogen-bond donors (Lipinski definition) is 0. The summed E-state index contributed by atoms with van der Waals surface area (Å²) in [7, 11) is 0. The largest absolute Gasteiger partial charge is 0.334 e. The molecule has 0 radical (unpaired) electrons. The van der Waals surface area contributed by atoms with Crippen LogP contribution in [-0.2, 0) is 21.7 Å². The monoisotopic (exact) mass is 1730 g/mol. The van der Waals surface area contributed by atoms with Gasteiger partial charge in [0.25, 0.3) is 0 Å². The maximum absolute atomic E-state index is 5.88. The Morgan fingerprint density at radius 1 is 0.187 bits per heavy atom. The van der Waals surface area contributed by atoms with Crippen LogP contribution in [0.25, 0.3) is 155 Å². The summed E-state index contributed by atoms with van der Waals surface area (Å²) in [4.78, 5) is 34.2. The van der Waals surface area contributed by atoms with E-state index in [-0.39, 0.29) is 43.8 Å². The summed E-state index contributed by atoms with van der Waals surface area (Å²) in [6, 6.07) is 125. The predicted molar refractivity (Wildman–Crippen MR) is 560 cm³/mol. The average Bonchev–Trinajstić information content (AvgIpc) is 1.56. The molecule has 4 fully saturated rings. The van der Waals surface area contributed by atoms with Gasteiger partial charge in [0.15, 0.2) is 0 Å². The van der Waals surface area contributed by atoms with E-state index in [1.807, 2.05) is 0 Å². The number of aromatic nitrogens is 4. The molecule has 4 aliphatic heterocycles. The summed E-state index contributed by atoms with van der Waals surface area (Å²) in [6.45, 7) is 20.3. The molecule has 8 heteroatoms. The quantitative estimate of drug-likeness (QED) is 0.120. The molecule has 0 amide bonds. The number of nitrogens with zero attached hydrogens (tertiary/aromatic N) is 8. The summed E-state index contributed by atoms with van der Waals surface area (Å²) >= 11 is 0. The van der Waals surface area contributed by atoms with E-state index in [1.54, 1.807) is 0 Å². The molecular weight excluding hydrogens is 1630 g/mol. The van der Waals surface area contributed by atoms with Gasteiger partial charge in [-0.1, -0.05) is 249 Å². The molecule has 134 heavy (non-hydrogen) atoms. The van der Waals surface area contributed by atoms with Gasteiger partial charge in [0, 0.05) is 122 Å². The van der Waals surface area contributed by atoms with Crippen LogP contribution in [0.15, 0.2) is 328 Å². The van der Waals surface area contributed by atoms with E-state index in [1.165, 1.54) is 173 Å². The molecule has 0 saturated heterocycles. The Bertz CT molecular complexity index is 7160. The molecule has 4 aliphatic carbocycles. The number of para-hydroxylation sites is 4. The number of hydrogen-bond acceptors (Lipinski definition) is 8. The van der Waals surface area contributed by atoms with Gasteiger partial charge >= 0.3 is 0 Å². The number of anilines is 8. The topological polar surface area (TPSA) is 64.5 Å². The molecule has 4 aromatic heterocycles. The highest BCUT2D eigenvalue weighted by Gasteiger charge is 2.62. The summed E-state index contributed by atoms with van der Waals surface area (Å²) in [6.07, 6.45) is 18.9. The van der Waals surface area contributed by atoms with E-state index >= 15 is 0 Å². The third kappa shape index (κ3) is 10.9. The third-order valence-electron chi connectivity index (χ3n) is 36.4. The van der Waals surface area contributed by atoms with Crippen LogP contribution in [0.2, 0.25) is 0 Å². The average molecular weight is 1740 g/mol. The lowest BCUT2D eigenvalue weighted by atomic mass is 9.61. The first-order valence-corrected chi connectivity index (χ1v) is 49.7. The fourth-order valence-corrected chi connectivity index (χ4v) is 28.7. The van der Waals surface area contributed by atoms with Gasteiger partial charge in [-0.25, -0.2) is 19.9 Å². The van der Waals surface area contributed by atoms with Crippen LogP contribution in [-0.4, -0.2) is 42.1 Å². The minimum absolute atomic E-state index is 0.0547. The first-order valence-electron chi connectivity index (χ1n) is 49.7. The molecule has 8 aliphatic rings. The number of pyridine rings is 4. The van der Waals surface area contributed by atoms with Crippen LogP contribution in [0.5, 0.6) is 0 Å². The fraction of sp³-hybridized carbons (Fsp3) is 0.254. The van der Waals surface area contributed by atoms with Gasteiger partial charge < -0.3 is 19.6 Å². The lowest BCUT2D eigenvalue weighted by molar-refractivity contribution is 0.195. The number of rotatable bonds is 12. The van der Waals surface area contributed by atoms with Gasteiger partial charge in [0.2, 0.25) is 0 Å². The number of benzene rings is 13. The van der Waals surface area contributed by atoms with Crippen molar-refractivity contribution in [2.45, 2.75) is 202 Å². The molecule has 27 rings (SSSR count). The molecule has 0 spiro atoms. The van der Waals surface area contributed by atoms with Gasteiger partial charge in [-0.05, 0) is 313 Å². The fourth-order valence-electron chi connectivity index (χ4n) is 28.7. The Morgan fingerprint density at radius 3 is 0.634 bits per heavy atom. The molecule has 8 nitrogen and oxygen atoms in total. The van der Waals surface area contributed by atoms with E-state index < -0.39 is 0 Å². The smallest absolute Gasteiger partial charge is 0.0716 e. The summed E-state index contributed by atoms with van der Waals surface area (Å²) in [5.74, 6) is 0. The van der Waals surface area contributed by atoms with Crippen molar-refractivity contribution < 1.29 is 0 Å². The number of fused-ring (bicyclic) bond motifs is 18. The van der Waals surface area contributed by atoms with Crippen LogP contribution in [0.3, 0.4) is 0 Å². The van der Waals surface area contributed by atoms with Crippen molar-refractivity contribution in [3.63, 3.8) is 0 Å². The van der Waals surface area contributed by atoms with Crippen molar-refractivity contribution in [1.82, 2.24) is 19.9 Å². The minimum Gasteiger partial charge on any atom is -0.334 e. The Morgan fingerprint density at radius 2 is 0.403 bits per heavy atom. The van der Waals surface area contributed by atoms with Gasteiger partial charge in [0.05, 0.1) is 67.7 Å². The standard InChI is InChI=1S/C126H110N8/c1-119-65-21-25-69-123(119,5)131(83-33-13-9-14-34-83)111-61-49-79(73-99(111)119)103-41-29-45-107(127-103)91-57-53-87-95-77-97-89-55-59-93(109-47-31-43-105(129-109)81-51-63-113-101(75-81)121(3)67-23-27-71-125(121,7)133(113)85-37-17-11-18-38-85)118-94(110-48-32-44-106(130-110)82-52-64-114-102(76-82)122(4)68-24-28-72-126(122,8)134(114)86-39-19-12-20-40-86)60-56-90(116(89)118)98(97)78-96(95)88-54-58-92(117(91)115(87)88)108-46-30-42-104(128-108)80-50-62-112-100(74-80)120(2)66-22-26-70-124(120,6)132(112)84-35-15-10-16-36-84/h9-20,29-64,73-78H,21-28,65-72H2,1-8H3. The Hall–Kier alpha value is -13.8. The highest BCUT2D eigenvalue weighted by atomic mass is 15.3. The van der Waals surface area contributed by atoms with Crippen molar-refractivity contribution in [2.24, 2.45) is 0 Å². The Labute approximate surface area is 786 Å².